The summed E-state index contributed by atoms with van der Waals surface area (Å²) in [6.07, 6.45) is 3.99. The van der Waals surface area contributed by atoms with Crippen LogP contribution in [-0.2, 0) is 6.54 Å². The Kier molecular flexibility index (Phi) is 5.66. The van der Waals surface area contributed by atoms with Crippen molar-refractivity contribution in [3.05, 3.63) is 108 Å². The first-order valence-corrected chi connectivity index (χ1v) is 10.00. The molecule has 0 aliphatic heterocycles. The first-order valence-electron chi connectivity index (χ1n) is 10.00. The maximum atomic E-state index is 4.88. The van der Waals surface area contributed by atoms with Crippen LogP contribution in [0.25, 0.3) is 16.9 Å². The van der Waals surface area contributed by atoms with E-state index in [2.05, 4.69) is 73.6 Å². The van der Waals surface area contributed by atoms with E-state index in [4.69, 9.17) is 5.10 Å². The number of rotatable bonds is 6. The number of hydrogen-bond acceptors (Lipinski definition) is 2. The molecule has 0 saturated carbocycles. The zero-order valence-electron chi connectivity index (χ0n) is 16.9. The molecule has 0 radical (unpaired) electrons. The monoisotopic (exact) mass is 379 g/mol. The van der Waals surface area contributed by atoms with E-state index in [0.29, 0.717) is 12.5 Å². The van der Waals surface area contributed by atoms with Gasteiger partial charge in [0.15, 0.2) is 0 Å². The van der Waals surface area contributed by atoms with E-state index >= 15 is 0 Å². The molecule has 0 N–H and O–H groups in total. The Labute approximate surface area is 172 Å². The molecule has 0 aliphatic rings. The first kappa shape index (κ1) is 18.9. The van der Waals surface area contributed by atoms with Crippen LogP contribution in [0.2, 0.25) is 0 Å². The molecule has 144 valence electrons. The van der Waals surface area contributed by atoms with E-state index < -0.39 is 0 Å². The molecule has 0 fully saturated rings. The van der Waals surface area contributed by atoms with Crippen LogP contribution in [0.3, 0.4) is 0 Å². The highest BCUT2D eigenvalue weighted by molar-refractivity contribution is 5.88. The molecule has 1 heterocycles. The highest BCUT2D eigenvalue weighted by Gasteiger charge is 2.11. The summed E-state index contributed by atoms with van der Waals surface area (Å²) in [7, 11) is 0. The minimum Gasteiger partial charge on any atom is -0.288 e. The van der Waals surface area contributed by atoms with Crippen molar-refractivity contribution in [3.63, 3.8) is 0 Å². The lowest BCUT2D eigenvalue weighted by atomic mass is 10.00. The van der Waals surface area contributed by atoms with Crippen molar-refractivity contribution < 1.29 is 0 Å². The number of benzene rings is 3. The Balaban J connectivity index is 1.69. The van der Waals surface area contributed by atoms with Gasteiger partial charge in [0.2, 0.25) is 0 Å². The van der Waals surface area contributed by atoms with E-state index in [9.17, 15) is 0 Å². The van der Waals surface area contributed by atoms with Crippen molar-refractivity contribution in [2.75, 3.05) is 0 Å². The fraction of sp³-hybridized carbons (Fsp3) is 0.154. The van der Waals surface area contributed by atoms with Gasteiger partial charge < -0.3 is 0 Å². The summed E-state index contributed by atoms with van der Waals surface area (Å²) in [6, 6.07) is 29.2. The zero-order valence-corrected chi connectivity index (χ0v) is 16.9. The van der Waals surface area contributed by atoms with E-state index in [0.717, 1.165) is 22.5 Å². The predicted octanol–water partition coefficient (Wildman–Crippen LogP) is 6.28. The molecule has 0 spiro atoms. The number of aromatic nitrogens is 2. The predicted molar refractivity (Wildman–Crippen MR) is 121 cm³/mol. The standard InChI is InChI=1S/C26H25N3/c1-20(2)22-13-15-23(16-14-22)26-24(18-27-17-21-9-5-3-6-10-21)19-29(28-26)25-11-7-4-8-12-25/h3-16,18-20H,17H2,1-2H3. The molecule has 4 rings (SSSR count). The minimum absolute atomic E-state index is 0.512. The molecule has 29 heavy (non-hydrogen) atoms. The molecule has 4 aromatic rings. The molecular formula is C26H25N3. The van der Waals surface area contributed by atoms with Gasteiger partial charge in [0.05, 0.1) is 12.2 Å². The lowest BCUT2D eigenvalue weighted by molar-refractivity contribution is 0.866. The fourth-order valence-corrected chi connectivity index (χ4v) is 3.28. The summed E-state index contributed by atoms with van der Waals surface area (Å²) in [5, 5.41) is 4.88. The van der Waals surface area contributed by atoms with Crippen LogP contribution in [0.1, 0.15) is 36.5 Å². The first-order chi connectivity index (χ1) is 14.2. The van der Waals surface area contributed by atoms with E-state index in [1.165, 1.54) is 11.1 Å². The second-order valence-corrected chi connectivity index (χ2v) is 7.45. The average molecular weight is 380 g/mol. The van der Waals surface area contributed by atoms with Gasteiger partial charge in [-0.2, -0.15) is 5.10 Å². The fourth-order valence-electron chi connectivity index (χ4n) is 3.28. The van der Waals surface area contributed by atoms with Crippen LogP contribution in [-0.4, -0.2) is 16.0 Å². The molecule has 3 heteroatoms. The summed E-state index contributed by atoms with van der Waals surface area (Å²) in [4.78, 5) is 4.67. The van der Waals surface area contributed by atoms with Gasteiger partial charge in [0.1, 0.15) is 5.69 Å². The Morgan fingerprint density at radius 2 is 1.52 bits per heavy atom. The summed E-state index contributed by atoms with van der Waals surface area (Å²) >= 11 is 0. The molecule has 3 nitrogen and oxygen atoms in total. The topological polar surface area (TPSA) is 30.2 Å². The van der Waals surface area contributed by atoms with Crippen LogP contribution >= 0.6 is 0 Å². The molecule has 0 atom stereocenters. The van der Waals surface area contributed by atoms with Crippen LogP contribution in [0.15, 0.2) is 96.1 Å². The number of aliphatic imine (C=N–C) groups is 1. The van der Waals surface area contributed by atoms with Gasteiger partial charge in [0.25, 0.3) is 0 Å². The van der Waals surface area contributed by atoms with Gasteiger partial charge >= 0.3 is 0 Å². The van der Waals surface area contributed by atoms with Crippen molar-refractivity contribution in [3.8, 4) is 16.9 Å². The van der Waals surface area contributed by atoms with E-state index in [-0.39, 0.29) is 0 Å². The zero-order chi connectivity index (χ0) is 20.1. The van der Waals surface area contributed by atoms with Gasteiger partial charge in [-0.3, -0.25) is 4.99 Å². The second kappa shape index (κ2) is 8.70. The summed E-state index contributed by atoms with van der Waals surface area (Å²) < 4.78 is 1.93. The third-order valence-electron chi connectivity index (χ3n) is 4.96. The van der Waals surface area contributed by atoms with Crippen molar-refractivity contribution in [1.29, 1.82) is 0 Å². The summed E-state index contributed by atoms with van der Waals surface area (Å²) in [6.45, 7) is 5.07. The van der Waals surface area contributed by atoms with Gasteiger partial charge in [0, 0.05) is 23.5 Å². The van der Waals surface area contributed by atoms with Crippen molar-refractivity contribution in [1.82, 2.24) is 9.78 Å². The SMILES string of the molecule is CC(C)c1ccc(-c2nn(-c3ccccc3)cc2C=NCc2ccccc2)cc1. The van der Waals surface area contributed by atoms with Crippen molar-refractivity contribution >= 4 is 6.21 Å². The van der Waals surface area contributed by atoms with Gasteiger partial charge in [-0.25, -0.2) is 4.68 Å². The Hall–Kier alpha value is -3.46. The largest absolute Gasteiger partial charge is 0.288 e. The van der Waals surface area contributed by atoms with Gasteiger partial charge in [-0.1, -0.05) is 86.6 Å². The quantitative estimate of drug-likeness (QED) is 0.363. The smallest absolute Gasteiger partial charge is 0.101 e. The van der Waals surface area contributed by atoms with Crippen LogP contribution in [0.5, 0.6) is 0 Å². The molecule has 0 unspecified atom stereocenters. The Morgan fingerprint density at radius 1 is 0.862 bits per heavy atom. The Morgan fingerprint density at radius 3 is 2.17 bits per heavy atom. The summed E-state index contributed by atoms with van der Waals surface area (Å²) in [5.74, 6) is 0.512. The summed E-state index contributed by atoms with van der Waals surface area (Å²) in [5.41, 5.74) is 6.63. The lowest BCUT2D eigenvalue weighted by Gasteiger charge is -2.06. The van der Waals surface area contributed by atoms with Crippen molar-refractivity contribution in [2.45, 2.75) is 26.3 Å². The molecule has 0 amide bonds. The number of nitrogens with zero attached hydrogens (tertiary/aromatic N) is 3. The number of hydrogen-bond donors (Lipinski definition) is 0. The van der Waals surface area contributed by atoms with Gasteiger partial charge in [-0.15, -0.1) is 0 Å². The maximum Gasteiger partial charge on any atom is 0.101 e. The third kappa shape index (κ3) is 4.52. The highest BCUT2D eigenvalue weighted by atomic mass is 15.3. The molecule has 0 aliphatic carbocycles. The second-order valence-electron chi connectivity index (χ2n) is 7.45. The van der Waals surface area contributed by atoms with E-state index in [1.54, 1.807) is 0 Å². The third-order valence-corrected chi connectivity index (χ3v) is 4.96. The van der Waals surface area contributed by atoms with E-state index in [1.807, 2.05) is 47.3 Å². The Bertz CT molecular complexity index is 1080. The van der Waals surface area contributed by atoms with Crippen molar-refractivity contribution in [2.24, 2.45) is 4.99 Å². The van der Waals surface area contributed by atoms with Crippen LogP contribution in [0.4, 0.5) is 0 Å². The van der Waals surface area contributed by atoms with Crippen LogP contribution < -0.4 is 0 Å². The molecule has 0 bridgehead atoms. The number of para-hydroxylation sites is 1. The van der Waals surface area contributed by atoms with Gasteiger partial charge in [-0.05, 0) is 29.2 Å². The minimum atomic E-state index is 0.512. The van der Waals surface area contributed by atoms with Crippen LogP contribution in [0, 0.1) is 0 Å². The maximum absolute atomic E-state index is 4.88. The molecular weight excluding hydrogens is 354 g/mol. The highest BCUT2D eigenvalue weighted by Crippen LogP contribution is 2.25. The normalized spacial score (nSPS) is 11.4. The lowest BCUT2D eigenvalue weighted by Crippen LogP contribution is -1.94. The molecule has 1 aromatic heterocycles. The molecule has 0 saturated heterocycles. The molecule has 3 aromatic carbocycles. The average Bonchev–Trinajstić information content (AvgIpc) is 3.19.